The largest absolute Gasteiger partial charge is 0.493 e. The van der Waals surface area contributed by atoms with Crippen LogP contribution in [0, 0.1) is 0 Å². The molecule has 2 N–H and O–H groups in total. The van der Waals surface area contributed by atoms with E-state index >= 15 is 0 Å². The Hall–Kier alpha value is -3.80. The Bertz CT molecular complexity index is 1010. The van der Waals surface area contributed by atoms with Gasteiger partial charge in [-0.3, -0.25) is 9.59 Å². The van der Waals surface area contributed by atoms with E-state index in [4.69, 9.17) is 9.47 Å². The van der Waals surface area contributed by atoms with Crippen molar-refractivity contribution in [1.82, 2.24) is 5.32 Å². The number of nitrogens with one attached hydrogen (secondary N) is 2. The highest BCUT2D eigenvalue weighted by Crippen LogP contribution is 2.29. The number of anilines is 1. The highest BCUT2D eigenvalue weighted by atomic mass is 16.5. The van der Waals surface area contributed by atoms with Gasteiger partial charge >= 0.3 is 0 Å². The summed E-state index contributed by atoms with van der Waals surface area (Å²) in [5.74, 6) is 1.46. The van der Waals surface area contributed by atoms with E-state index in [1.54, 1.807) is 30.3 Å². The minimum atomic E-state index is -0.217. The van der Waals surface area contributed by atoms with Gasteiger partial charge < -0.3 is 20.1 Å². The van der Waals surface area contributed by atoms with E-state index in [-0.39, 0.29) is 18.2 Å². The number of rotatable bonds is 10. The fourth-order valence-electron chi connectivity index (χ4n) is 2.97. The van der Waals surface area contributed by atoms with Crippen LogP contribution in [0.4, 0.5) is 5.69 Å². The molecule has 2 amide bonds. The minimum absolute atomic E-state index is 0.145. The fourth-order valence-corrected chi connectivity index (χ4v) is 2.97. The molecular formula is C25H26N2O4. The number of para-hydroxylation sites is 4. The van der Waals surface area contributed by atoms with E-state index < -0.39 is 0 Å². The van der Waals surface area contributed by atoms with Crippen molar-refractivity contribution in [2.45, 2.75) is 19.8 Å². The van der Waals surface area contributed by atoms with Crippen molar-refractivity contribution < 1.29 is 19.1 Å². The van der Waals surface area contributed by atoms with Crippen molar-refractivity contribution in [3.8, 4) is 17.2 Å². The third-order valence-corrected chi connectivity index (χ3v) is 4.43. The average molecular weight is 418 g/mol. The molecule has 0 radical (unpaired) electrons. The van der Waals surface area contributed by atoms with E-state index in [9.17, 15) is 9.59 Å². The predicted octanol–water partition coefficient (Wildman–Crippen LogP) is 5.03. The maximum Gasteiger partial charge on any atom is 0.255 e. The van der Waals surface area contributed by atoms with Crippen LogP contribution in [0.1, 0.15) is 30.1 Å². The molecule has 0 fully saturated rings. The second-order valence-electron chi connectivity index (χ2n) is 6.75. The first-order valence-corrected chi connectivity index (χ1v) is 10.3. The van der Waals surface area contributed by atoms with Crippen LogP contribution in [-0.2, 0) is 4.79 Å². The molecule has 0 bridgehead atoms. The minimum Gasteiger partial charge on any atom is -0.493 e. The molecule has 0 spiro atoms. The van der Waals surface area contributed by atoms with Gasteiger partial charge in [0.15, 0.2) is 5.75 Å². The van der Waals surface area contributed by atoms with Gasteiger partial charge in [0.2, 0.25) is 5.91 Å². The van der Waals surface area contributed by atoms with Gasteiger partial charge in [-0.2, -0.15) is 0 Å². The van der Waals surface area contributed by atoms with Gasteiger partial charge in [-0.1, -0.05) is 42.5 Å². The van der Waals surface area contributed by atoms with Crippen molar-refractivity contribution in [3.05, 3.63) is 84.4 Å². The first-order valence-electron chi connectivity index (χ1n) is 10.3. The smallest absolute Gasteiger partial charge is 0.255 e. The number of carbonyl (C=O) groups is 2. The monoisotopic (exact) mass is 418 g/mol. The third kappa shape index (κ3) is 6.60. The zero-order chi connectivity index (χ0) is 21.9. The Kier molecular flexibility index (Phi) is 8.05. The van der Waals surface area contributed by atoms with E-state index in [0.29, 0.717) is 48.1 Å². The molecule has 0 aliphatic carbocycles. The van der Waals surface area contributed by atoms with Gasteiger partial charge in [0.1, 0.15) is 11.5 Å². The lowest BCUT2D eigenvalue weighted by atomic mass is 10.2. The molecule has 0 aliphatic rings. The predicted molar refractivity (Wildman–Crippen MR) is 121 cm³/mol. The summed E-state index contributed by atoms with van der Waals surface area (Å²) in [6.07, 6.45) is 0.781. The fraction of sp³-hybridized carbons (Fsp3) is 0.200. The van der Waals surface area contributed by atoms with Gasteiger partial charge in [0, 0.05) is 13.0 Å². The quantitative estimate of drug-likeness (QED) is 0.453. The number of benzene rings is 3. The maximum atomic E-state index is 12.4. The molecule has 0 aromatic heterocycles. The van der Waals surface area contributed by atoms with Gasteiger partial charge in [-0.15, -0.1) is 0 Å². The number of ether oxygens (including phenoxy) is 2. The van der Waals surface area contributed by atoms with Crippen LogP contribution in [0.2, 0.25) is 0 Å². The Morgan fingerprint density at radius 1 is 0.839 bits per heavy atom. The lowest BCUT2D eigenvalue weighted by molar-refractivity contribution is -0.116. The maximum absolute atomic E-state index is 12.4. The topological polar surface area (TPSA) is 76.7 Å². The van der Waals surface area contributed by atoms with Crippen molar-refractivity contribution in [1.29, 1.82) is 0 Å². The summed E-state index contributed by atoms with van der Waals surface area (Å²) >= 11 is 0. The molecule has 0 heterocycles. The van der Waals surface area contributed by atoms with Crippen LogP contribution >= 0.6 is 0 Å². The van der Waals surface area contributed by atoms with Gasteiger partial charge in [0.05, 0.1) is 17.9 Å². The Morgan fingerprint density at radius 3 is 2.29 bits per heavy atom. The Balaban J connectivity index is 1.48. The van der Waals surface area contributed by atoms with Gasteiger partial charge in [-0.25, -0.2) is 0 Å². The van der Waals surface area contributed by atoms with E-state index in [0.717, 1.165) is 0 Å². The number of hydrogen-bond donors (Lipinski definition) is 2. The summed E-state index contributed by atoms with van der Waals surface area (Å²) in [6.45, 7) is 2.74. The van der Waals surface area contributed by atoms with Crippen LogP contribution < -0.4 is 20.1 Å². The van der Waals surface area contributed by atoms with Crippen LogP contribution in [0.3, 0.4) is 0 Å². The summed E-state index contributed by atoms with van der Waals surface area (Å²) in [7, 11) is 0. The molecule has 0 saturated heterocycles. The number of hydrogen-bond acceptors (Lipinski definition) is 4. The molecule has 3 aromatic carbocycles. The number of amides is 2. The zero-order valence-electron chi connectivity index (χ0n) is 17.5. The summed E-state index contributed by atoms with van der Waals surface area (Å²) in [5.41, 5.74) is 1.09. The Labute approximate surface area is 182 Å². The summed E-state index contributed by atoms with van der Waals surface area (Å²) in [6, 6.07) is 23.8. The van der Waals surface area contributed by atoms with Crippen LogP contribution in [-0.4, -0.2) is 25.0 Å². The molecule has 3 rings (SSSR count). The molecule has 31 heavy (non-hydrogen) atoms. The van der Waals surface area contributed by atoms with Crippen LogP contribution in [0.25, 0.3) is 0 Å². The normalized spacial score (nSPS) is 10.2. The molecule has 0 saturated carbocycles. The third-order valence-electron chi connectivity index (χ3n) is 4.43. The number of carbonyl (C=O) groups excluding carboxylic acids is 2. The molecule has 3 aromatic rings. The van der Waals surface area contributed by atoms with Gasteiger partial charge in [0.25, 0.3) is 5.91 Å². The molecule has 0 aliphatic heterocycles. The Morgan fingerprint density at radius 2 is 1.52 bits per heavy atom. The standard InChI is InChI=1S/C25H26N2O4/c1-2-30-22-15-8-6-13-20(22)25(29)26-18-10-17-24(28)27-21-14-7-9-16-23(21)31-19-11-4-3-5-12-19/h3-9,11-16H,2,10,17-18H2,1H3,(H,26,29)(H,27,28). The van der Waals surface area contributed by atoms with E-state index in [1.807, 2.05) is 55.5 Å². The van der Waals surface area contributed by atoms with Crippen molar-refractivity contribution in [2.24, 2.45) is 0 Å². The van der Waals surface area contributed by atoms with Crippen LogP contribution in [0.5, 0.6) is 17.2 Å². The molecule has 6 nitrogen and oxygen atoms in total. The first-order chi connectivity index (χ1) is 15.2. The van der Waals surface area contributed by atoms with Crippen molar-refractivity contribution >= 4 is 17.5 Å². The SMILES string of the molecule is CCOc1ccccc1C(=O)NCCCC(=O)Nc1ccccc1Oc1ccccc1. The first kappa shape index (κ1) is 21.9. The van der Waals surface area contributed by atoms with Gasteiger partial charge in [-0.05, 0) is 49.7 Å². The summed E-state index contributed by atoms with van der Waals surface area (Å²) in [4.78, 5) is 24.8. The van der Waals surface area contributed by atoms with Crippen LogP contribution in [0.15, 0.2) is 78.9 Å². The van der Waals surface area contributed by atoms with Crippen molar-refractivity contribution in [3.63, 3.8) is 0 Å². The second kappa shape index (κ2) is 11.4. The molecule has 0 atom stereocenters. The second-order valence-corrected chi connectivity index (χ2v) is 6.75. The molecule has 6 heteroatoms. The summed E-state index contributed by atoms with van der Waals surface area (Å²) < 4.78 is 11.3. The van der Waals surface area contributed by atoms with E-state index in [1.165, 1.54) is 0 Å². The molecular weight excluding hydrogens is 392 g/mol. The van der Waals surface area contributed by atoms with E-state index in [2.05, 4.69) is 10.6 Å². The molecule has 160 valence electrons. The highest BCUT2D eigenvalue weighted by Gasteiger charge is 2.12. The lowest BCUT2D eigenvalue weighted by Gasteiger charge is -2.12. The zero-order valence-corrected chi connectivity index (χ0v) is 17.5. The average Bonchev–Trinajstić information content (AvgIpc) is 2.79. The highest BCUT2D eigenvalue weighted by molar-refractivity contribution is 5.97. The summed E-state index contributed by atoms with van der Waals surface area (Å²) in [5, 5.41) is 5.72. The van der Waals surface area contributed by atoms with Crippen molar-refractivity contribution in [2.75, 3.05) is 18.5 Å². The lowest BCUT2D eigenvalue weighted by Crippen LogP contribution is -2.26. The molecule has 0 unspecified atom stereocenters.